The van der Waals surface area contributed by atoms with Crippen LogP contribution in [0.15, 0.2) is 199 Å². The van der Waals surface area contributed by atoms with Crippen molar-refractivity contribution in [3.8, 4) is 33.7 Å². The molecule has 0 bridgehead atoms. The maximum absolute atomic E-state index is 6.38. The normalized spacial score (nSPS) is 11.5. The molecule has 1 heterocycles. The lowest BCUT2D eigenvalue weighted by Crippen LogP contribution is -2.09. The molecule has 0 aliphatic rings. The Morgan fingerprint density at radius 1 is 0.346 bits per heavy atom. The number of oxazole rings is 1. The van der Waals surface area contributed by atoms with E-state index in [4.69, 9.17) is 9.40 Å². The van der Waals surface area contributed by atoms with Gasteiger partial charge in [-0.25, -0.2) is 4.98 Å². The van der Waals surface area contributed by atoms with Gasteiger partial charge in [-0.2, -0.15) is 0 Å². The highest BCUT2D eigenvalue weighted by atomic mass is 16.3. The van der Waals surface area contributed by atoms with Gasteiger partial charge in [-0.1, -0.05) is 127 Å². The quantitative estimate of drug-likeness (QED) is 0.177. The van der Waals surface area contributed by atoms with Gasteiger partial charge in [0, 0.05) is 28.0 Å². The van der Waals surface area contributed by atoms with E-state index in [1.54, 1.807) is 0 Å². The first-order chi connectivity index (χ1) is 25.7. The number of hydrogen-bond acceptors (Lipinski definition) is 3. The molecule has 52 heavy (non-hydrogen) atoms. The van der Waals surface area contributed by atoms with Gasteiger partial charge in [0.2, 0.25) is 5.89 Å². The minimum absolute atomic E-state index is 0.615. The summed E-state index contributed by atoms with van der Waals surface area (Å²) in [6.45, 7) is 0. The van der Waals surface area contributed by atoms with E-state index in [9.17, 15) is 0 Å². The molecule has 244 valence electrons. The van der Waals surface area contributed by atoms with Gasteiger partial charge in [0.1, 0.15) is 5.52 Å². The van der Waals surface area contributed by atoms with E-state index in [-0.39, 0.29) is 0 Å². The molecule has 0 N–H and O–H groups in total. The Labute approximate surface area is 301 Å². The Morgan fingerprint density at radius 2 is 0.769 bits per heavy atom. The molecule has 0 radical (unpaired) electrons. The van der Waals surface area contributed by atoms with Crippen molar-refractivity contribution in [2.45, 2.75) is 0 Å². The highest BCUT2D eigenvalue weighted by Crippen LogP contribution is 2.39. The van der Waals surface area contributed by atoms with E-state index in [2.05, 4.69) is 181 Å². The maximum atomic E-state index is 6.38. The van der Waals surface area contributed by atoms with Crippen molar-refractivity contribution < 1.29 is 4.42 Å². The predicted octanol–water partition coefficient (Wildman–Crippen LogP) is 13.8. The first-order valence-corrected chi connectivity index (χ1v) is 17.6. The summed E-state index contributed by atoms with van der Waals surface area (Å²) in [6, 6.07) is 68.9. The average Bonchev–Trinajstić information content (AvgIpc) is 3.67. The van der Waals surface area contributed by atoms with Gasteiger partial charge in [0.15, 0.2) is 5.58 Å². The highest BCUT2D eigenvalue weighted by Gasteiger charge is 2.16. The van der Waals surface area contributed by atoms with E-state index in [1.807, 2.05) is 18.2 Å². The number of anilines is 3. The maximum Gasteiger partial charge on any atom is 0.227 e. The Kier molecular flexibility index (Phi) is 7.14. The summed E-state index contributed by atoms with van der Waals surface area (Å²) in [7, 11) is 0. The molecule has 0 aliphatic carbocycles. The van der Waals surface area contributed by atoms with Crippen molar-refractivity contribution in [2.24, 2.45) is 0 Å². The number of benzene rings is 9. The van der Waals surface area contributed by atoms with Crippen LogP contribution in [-0.4, -0.2) is 4.98 Å². The molecule has 1 aromatic heterocycles. The lowest BCUT2D eigenvalue weighted by atomic mass is 10.00. The Balaban J connectivity index is 1.02. The van der Waals surface area contributed by atoms with Crippen LogP contribution in [0.5, 0.6) is 0 Å². The van der Waals surface area contributed by atoms with Gasteiger partial charge in [-0.05, 0) is 116 Å². The predicted molar refractivity (Wildman–Crippen MR) is 218 cm³/mol. The fraction of sp³-hybridized carbons (Fsp3) is 0. The van der Waals surface area contributed by atoms with Crippen molar-refractivity contribution in [3.05, 3.63) is 194 Å². The molecule has 10 rings (SSSR count). The van der Waals surface area contributed by atoms with Gasteiger partial charge in [-0.3, -0.25) is 0 Å². The van der Waals surface area contributed by atoms with Crippen molar-refractivity contribution >= 4 is 60.5 Å². The zero-order valence-electron chi connectivity index (χ0n) is 28.3. The minimum Gasteiger partial charge on any atom is -0.435 e. The van der Waals surface area contributed by atoms with Gasteiger partial charge >= 0.3 is 0 Å². The lowest BCUT2D eigenvalue weighted by Gasteiger charge is -2.26. The molecule has 0 unspecified atom stereocenters. The summed E-state index contributed by atoms with van der Waals surface area (Å²) in [5.41, 5.74) is 10.6. The molecule has 9 aromatic carbocycles. The van der Waals surface area contributed by atoms with Crippen LogP contribution in [0.4, 0.5) is 17.1 Å². The first-order valence-electron chi connectivity index (χ1n) is 17.6. The third-order valence-electron chi connectivity index (χ3n) is 10.1. The van der Waals surface area contributed by atoms with Crippen LogP contribution in [0.1, 0.15) is 0 Å². The van der Waals surface area contributed by atoms with Crippen LogP contribution in [0.2, 0.25) is 0 Å². The summed E-state index contributed by atoms with van der Waals surface area (Å²) in [5.74, 6) is 0.615. The minimum atomic E-state index is 0.615. The molecule has 0 atom stereocenters. The Morgan fingerprint density at radius 3 is 1.31 bits per heavy atom. The Hall–Kier alpha value is -6.97. The number of hydrogen-bond donors (Lipinski definition) is 0. The molecule has 3 nitrogen and oxygen atoms in total. The highest BCUT2D eigenvalue weighted by molar-refractivity contribution is 6.03. The van der Waals surface area contributed by atoms with Gasteiger partial charge in [0.05, 0.1) is 0 Å². The molecule has 0 aliphatic heterocycles. The molecule has 0 saturated heterocycles. The number of rotatable bonds is 6. The summed E-state index contributed by atoms with van der Waals surface area (Å²) in [5, 5.41) is 7.18. The van der Waals surface area contributed by atoms with E-state index < -0.39 is 0 Å². The molecule has 10 aromatic rings. The van der Waals surface area contributed by atoms with Crippen LogP contribution in [0.3, 0.4) is 0 Å². The van der Waals surface area contributed by atoms with Crippen molar-refractivity contribution in [3.63, 3.8) is 0 Å². The van der Waals surface area contributed by atoms with E-state index in [0.29, 0.717) is 5.89 Å². The summed E-state index contributed by atoms with van der Waals surface area (Å²) in [4.78, 5) is 7.16. The smallest absolute Gasteiger partial charge is 0.227 e. The van der Waals surface area contributed by atoms with Gasteiger partial charge in [-0.15, -0.1) is 0 Å². The van der Waals surface area contributed by atoms with Crippen LogP contribution in [0.25, 0.3) is 77.1 Å². The second-order valence-electron chi connectivity index (χ2n) is 13.3. The lowest BCUT2D eigenvalue weighted by molar-refractivity contribution is 0.623. The Bertz CT molecular complexity index is 2760. The molecule has 0 fully saturated rings. The molecule has 0 saturated carbocycles. The van der Waals surface area contributed by atoms with Crippen molar-refractivity contribution in [1.29, 1.82) is 0 Å². The fourth-order valence-electron chi connectivity index (χ4n) is 7.32. The number of nitrogens with zero attached hydrogens (tertiary/aromatic N) is 2. The second-order valence-corrected chi connectivity index (χ2v) is 13.3. The van der Waals surface area contributed by atoms with Gasteiger partial charge < -0.3 is 9.32 Å². The number of fused-ring (bicyclic) bond motifs is 5. The van der Waals surface area contributed by atoms with Crippen molar-refractivity contribution in [1.82, 2.24) is 4.98 Å². The first kappa shape index (κ1) is 29.9. The van der Waals surface area contributed by atoms with Crippen molar-refractivity contribution in [2.75, 3.05) is 4.90 Å². The zero-order chi connectivity index (χ0) is 34.4. The zero-order valence-corrected chi connectivity index (χ0v) is 28.3. The van der Waals surface area contributed by atoms with Crippen LogP contribution in [-0.2, 0) is 0 Å². The topological polar surface area (TPSA) is 29.3 Å². The molecular formula is C49H32N2O. The standard InChI is InChI=1S/C49H32N2O/c1-3-10-39-31-41(15-13-33(39)7-1)35-17-24-43(25-18-35)51(44-26-19-36(20-27-44)42-16-14-34-8-2-4-11-40(34)32-42)45-28-21-38(22-29-45)49-50-47-30-23-37-9-5-6-12-46(37)48(47)52-49/h1-32H. The molecular weight excluding hydrogens is 633 g/mol. The largest absolute Gasteiger partial charge is 0.435 e. The van der Waals surface area contributed by atoms with Crippen LogP contribution in [0, 0.1) is 0 Å². The molecule has 0 spiro atoms. The summed E-state index contributed by atoms with van der Waals surface area (Å²) < 4.78 is 6.38. The summed E-state index contributed by atoms with van der Waals surface area (Å²) in [6.07, 6.45) is 0. The van der Waals surface area contributed by atoms with E-state index >= 15 is 0 Å². The fourth-order valence-corrected chi connectivity index (χ4v) is 7.32. The monoisotopic (exact) mass is 664 g/mol. The third kappa shape index (κ3) is 5.37. The molecule has 3 heteroatoms. The second kappa shape index (κ2) is 12.4. The van der Waals surface area contributed by atoms with E-state index in [0.717, 1.165) is 44.5 Å². The average molecular weight is 665 g/mol. The van der Waals surface area contributed by atoms with Gasteiger partial charge in [0.25, 0.3) is 0 Å². The SMILES string of the molecule is c1ccc2cc(-c3ccc(N(c4ccc(-c5ccc6ccccc6c5)cc4)c4ccc(-c5nc6ccc7ccccc7c6o5)cc4)cc3)ccc2c1. The number of aromatic nitrogens is 1. The van der Waals surface area contributed by atoms with Crippen LogP contribution < -0.4 is 4.90 Å². The molecule has 0 amide bonds. The van der Waals surface area contributed by atoms with E-state index in [1.165, 1.54) is 43.8 Å². The third-order valence-corrected chi connectivity index (χ3v) is 10.1. The van der Waals surface area contributed by atoms with Crippen LogP contribution >= 0.6 is 0 Å². The summed E-state index contributed by atoms with van der Waals surface area (Å²) >= 11 is 0.